The maximum atomic E-state index is 13.1. The highest BCUT2D eigenvalue weighted by molar-refractivity contribution is 7.99. The summed E-state index contributed by atoms with van der Waals surface area (Å²) in [7, 11) is 0. The zero-order valence-corrected chi connectivity index (χ0v) is 19.0. The Morgan fingerprint density at radius 1 is 1.19 bits per heavy atom. The normalized spacial score (nSPS) is 17.9. The van der Waals surface area contributed by atoms with Gasteiger partial charge in [0.15, 0.2) is 0 Å². The van der Waals surface area contributed by atoms with Gasteiger partial charge in [0.25, 0.3) is 5.56 Å². The monoisotopic (exact) mass is 437 g/mol. The predicted octanol–water partition coefficient (Wildman–Crippen LogP) is 3.38. The van der Waals surface area contributed by atoms with Crippen molar-refractivity contribution in [2.24, 2.45) is 0 Å². The molecule has 0 fully saturated rings. The molecule has 3 N–H and O–H groups in total. The molecule has 31 heavy (non-hydrogen) atoms. The van der Waals surface area contributed by atoms with Crippen LogP contribution >= 0.6 is 11.8 Å². The molecule has 1 aromatic heterocycles. The average Bonchev–Trinajstić information content (AvgIpc) is 2.74. The lowest BCUT2D eigenvalue weighted by atomic mass is 10.0. The molecule has 0 saturated carbocycles. The van der Waals surface area contributed by atoms with Crippen molar-refractivity contribution in [1.82, 2.24) is 14.9 Å². The number of thioether (sulfide) groups is 1. The fourth-order valence-electron chi connectivity index (χ4n) is 3.48. The molecular formula is C23H27N5O2S. The molecule has 2 aromatic carbocycles. The minimum atomic E-state index is -1.50. The van der Waals surface area contributed by atoms with Crippen LogP contribution in [0.3, 0.4) is 0 Å². The van der Waals surface area contributed by atoms with Crippen LogP contribution in [0.5, 0.6) is 0 Å². The lowest BCUT2D eigenvalue weighted by Gasteiger charge is -2.36. The lowest BCUT2D eigenvalue weighted by Crippen LogP contribution is -2.58. The van der Waals surface area contributed by atoms with Crippen LogP contribution in [0.1, 0.15) is 47.7 Å². The fraction of sp³-hybridized carbons (Fsp3) is 0.348. The van der Waals surface area contributed by atoms with E-state index in [1.54, 1.807) is 0 Å². The summed E-state index contributed by atoms with van der Waals surface area (Å²) in [6, 6.07) is 14.0. The van der Waals surface area contributed by atoms with E-state index in [-0.39, 0.29) is 11.3 Å². The molecule has 1 aliphatic rings. The zero-order chi connectivity index (χ0) is 22.2. The molecule has 3 aromatic rings. The molecule has 8 heteroatoms. The summed E-state index contributed by atoms with van der Waals surface area (Å²) in [5.41, 5.74) is 8.12. The molecule has 0 saturated heterocycles. The quantitative estimate of drug-likeness (QED) is 0.527. The van der Waals surface area contributed by atoms with Crippen molar-refractivity contribution in [3.8, 4) is 0 Å². The van der Waals surface area contributed by atoms with Crippen molar-refractivity contribution < 1.29 is 5.11 Å². The van der Waals surface area contributed by atoms with E-state index in [9.17, 15) is 9.90 Å². The SMILES string of the molecule is Cc1cccc(NC2(O)CSc3nnc(Cc4ccc(C(C)C)cc4)c(=O)n3N2)c1C. The summed E-state index contributed by atoms with van der Waals surface area (Å²) in [6.07, 6.45) is 0.375. The second kappa shape index (κ2) is 8.36. The molecule has 4 rings (SSSR count). The van der Waals surface area contributed by atoms with Crippen LogP contribution < -0.4 is 16.3 Å². The van der Waals surface area contributed by atoms with Gasteiger partial charge in [0, 0.05) is 12.1 Å². The Morgan fingerprint density at radius 2 is 1.94 bits per heavy atom. The van der Waals surface area contributed by atoms with E-state index in [2.05, 4.69) is 46.9 Å². The smallest absolute Gasteiger partial charge is 0.295 e. The molecule has 0 radical (unpaired) electrons. The van der Waals surface area contributed by atoms with Crippen molar-refractivity contribution in [3.05, 3.63) is 80.8 Å². The Morgan fingerprint density at radius 3 is 2.65 bits per heavy atom. The van der Waals surface area contributed by atoms with Gasteiger partial charge in [0.1, 0.15) is 5.69 Å². The molecular weight excluding hydrogens is 410 g/mol. The Labute approximate surface area is 185 Å². The van der Waals surface area contributed by atoms with Gasteiger partial charge in [-0.05, 0) is 48.1 Å². The summed E-state index contributed by atoms with van der Waals surface area (Å²) in [5, 5.41) is 23.0. The summed E-state index contributed by atoms with van der Waals surface area (Å²) < 4.78 is 1.29. The summed E-state index contributed by atoms with van der Waals surface area (Å²) >= 11 is 1.27. The molecule has 0 bridgehead atoms. The van der Waals surface area contributed by atoms with Gasteiger partial charge in [-0.1, -0.05) is 62.0 Å². The van der Waals surface area contributed by atoms with Crippen molar-refractivity contribution in [3.63, 3.8) is 0 Å². The maximum absolute atomic E-state index is 13.1. The first-order valence-corrected chi connectivity index (χ1v) is 11.3. The number of nitrogens with one attached hydrogen (secondary N) is 2. The highest BCUT2D eigenvalue weighted by Crippen LogP contribution is 2.28. The van der Waals surface area contributed by atoms with E-state index in [4.69, 9.17) is 0 Å². The van der Waals surface area contributed by atoms with Crippen LogP contribution in [0.15, 0.2) is 52.4 Å². The third kappa shape index (κ3) is 4.45. The van der Waals surface area contributed by atoms with Crippen LogP contribution in [0.25, 0.3) is 0 Å². The van der Waals surface area contributed by atoms with Gasteiger partial charge in [-0.15, -0.1) is 10.2 Å². The summed E-state index contributed by atoms with van der Waals surface area (Å²) in [6.45, 7) is 8.30. The molecule has 1 aliphatic heterocycles. The molecule has 7 nitrogen and oxygen atoms in total. The highest BCUT2D eigenvalue weighted by Gasteiger charge is 2.34. The molecule has 0 amide bonds. The van der Waals surface area contributed by atoms with Crippen LogP contribution in [-0.2, 0) is 6.42 Å². The minimum Gasteiger partial charge on any atom is -0.352 e. The number of rotatable bonds is 5. The first kappa shape index (κ1) is 21.4. The van der Waals surface area contributed by atoms with Gasteiger partial charge in [-0.3, -0.25) is 10.2 Å². The van der Waals surface area contributed by atoms with E-state index >= 15 is 0 Å². The van der Waals surface area contributed by atoms with Crippen LogP contribution in [0.4, 0.5) is 5.69 Å². The van der Waals surface area contributed by atoms with E-state index < -0.39 is 5.85 Å². The van der Waals surface area contributed by atoms with Gasteiger partial charge < -0.3 is 10.4 Å². The van der Waals surface area contributed by atoms with Crippen molar-refractivity contribution in [2.45, 2.75) is 51.0 Å². The highest BCUT2D eigenvalue weighted by atomic mass is 32.2. The third-order valence-electron chi connectivity index (χ3n) is 5.57. The molecule has 0 spiro atoms. The molecule has 162 valence electrons. The molecule has 1 atom stereocenters. The first-order valence-electron chi connectivity index (χ1n) is 10.3. The Balaban J connectivity index is 1.58. The third-order valence-corrected chi connectivity index (χ3v) is 6.65. The fourth-order valence-corrected chi connectivity index (χ4v) is 4.31. The second-order valence-electron chi connectivity index (χ2n) is 8.28. The van der Waals surface area contributed by atoms with Crippen molar-refractivity contribution in [2.75, 3.05) is 16.5 Å². The number of anilines is 1. The van der Waals surface area contributed by atoms with Gasteiger partial charge in [0.2, 0.25) is 11.0 Å². The number of benzene rings is 2. The number of hydrogen-bond donors (Lipinski definition) is 3. The van der Waals surface area contributed by atoms with Gasteiger partial charge in [0.05, 0.1) is 5.75 Å². The zero-order valence-electron chi connectivity index (χ0n) is 18.1. The average molecular weight is 438 g/mol. The van der Waals surface area contributed by atoms with E-state index in [0.717, 1.165) is 22.4 Å². The number of aryl methyl sites for hydroxylation is 1. The topological polar surface area (TPSA) is 92.1 Å². The van der Waals surface area contributed by atoms with Crippen LogP contribution in [-0.4, -0.2) is 31.6 Å². The number of aliphatic hydroxyl groups is 1. The molecule has 0 aliphatic carbocycles. The standard InChI is InChI=1S/C23H27N5O2S/c1-14(2)18-10-8-17(9-11-18)12-20-21(29)28-22(26-25-20)31-13-23(30,27-28)24-19-7-5-6-15(3)16(19)4/h5-11,14,24,27,30H,12-13H2,1-4H3. The number of nitrogens with zero attached hydrogens (tertiary/aromatic N) is 3. The predicted molar refractivity (Wildman–Crippen MR) is 124 cm³/mol. The van der Waals surface area contributed by atoms with Gasteiger partial charge in [-0.2, -0.15) is 4.68 Å². The number of hydrogen-bond acceptors (Lipinski definition) is 7. The van der Waals surface area contributed by atoms with Crippen LogP contribution in [0, 0.1) is 13.8 Å². The van der Waals surface area contributed by atoms with E-state index in [0.29, 0.717) is 23.2 Å². The van der Waals surface area contributed by atoms with Crippen molar-refractivity contribution in [1.29, 1.82) is 0 Å². The molecule has 1 unspecified atom stereocenters. The summed E-state index contributed by atoms with van der Waals surface area (Å²) in [5.74, 6) is -0.782. The first-order chi connectivity index (χ1) is 14.8. The van der Waals surface area contributed by atoms with Gasteiger partial charge in [-0.25, -0.2) is 0 Å². The Bertz CT molecular complexity index is 1160. The van der Waals surface area contributed by atoms with Crippen molar-refractivity contribution >= 4 is 17.4 Å². The van der Waals surface area contributed by atoms with Gasteiger partial charge >= 0.3 is 0 Å². The Hall–Kier alpha value is -2.84. The van der Waals surface area contributed by atoms with E-state index in [1.165, 1.54) is 22.0 Å². The minimum absolute atomic E-state index is 0.268. The summed E-state index contributed by atoms with van der Waals surface area (Å²) in [4.78, 5) is 13.1. The second-order valence-corrected chi connectivity index (χ2v) is 9.22. The lowest BCUT2D eigenvalue weighted by molar-refractivity contribution is 0.104. The van der Waals surface area contributed by atoms with E-state index in [1.807, 2.05) is 44.2 Å². The maximum Gasteiger partial charge on any atom is 0.295 e. The van der Waals surface area contributed by atoms with Crippen LogP contribution in [0.2, 0.25) is 0 Å². The Kier molecular flexibility index (Phi) is 5.77. The largest absolute Gasteiger partial charge is 0.352 e. The number of fused-ring (bicyclic) bond motifs is 1. The number of aromatic nitrogens is 3. The molecule has 2 heterocycles.